The van der Waals surface area contributed by atoms with Crippen molar-refractivity contribution in [1.29, 1.82) is 0 Å². The smallest absolute Gasteiger partial charge is 0.326 e. The summed E-state index contributed by atoms with van der Waals surface area (Å²) in [6.45, 7) is 0.479. The number of methoxy groups -OCH3 is 1. The van der Waals surface area contributed by atoms with E-state index in [9.17, 15) is 14.7 Å². The second-order valence-corrected chi connectivity index (χ2v) is 5.25. The molecule has 0 heterocycles. The van der Waals surface area contributed by atoms with Crippen molar-refractivity contribution in [2.24, 2.45) is 0 Å². The second-order valence-electron chi connectivity index (χ2n) is 4.34. The maximum absolute atomic E-state index is 11.6. The summed E-state index contributed by atoms with van der Waals surface area (Å²) in [6.07, 6.45) is 0.207. The molecular weight excluding hydrogens is 342 g/mol. The number of carboxylic acids is 1. The minimum absolute atomic E-state index is 0.189. The van der Waals surface area contributed by atoms with Crippen LogP contribution in [0.1, 0.15) is 5.56 Å². The summed E-state index contributed by atoms with van der Waals surface area (Å²) in [7, 11) is 1.53. The summed E-state index contributed by atoms with van der Waals surface area (Å²) in [5.41, 5.74) is 0.817. The van der Waals surface area contributed by atoms with Crippen LogP contribution in [0.5, 0.6) is 0 Å². The normalized spacial score (nSPS) is 11.9. The van der Waals surface area contributed by atoms with Crippen LogP contribution in [0.25, 0.3) is 0 Å². The zero-order valence-corrected chi connectivity index (χ0v) is 13.3. The molecule has 1 amide bonds. The van der Waals surface area contributed by atoms with Gasteiger partial charge in [0.1, 0.15) is 12.6 Å². The van der Waals surface area contributed by atoms with Crippen molar-refractivity contribution in [2.75, 3.05) is 26.9 Å². The van der Waals surface area contributed by atoms with E-state index in [1.54, 1.807) is 0 Å². The van der Waals surface area contributed by atoms with Gasteiger partial charge in [-0.15, -0.1) is 0 Å². The maximum atomic E-state index is 11.6. The van der Waals surface area contributed by atoms with Crippen LogP contribution < -0.4 is 5.32 Å². The fourth-order valence-electron chi connectivity index (χ4n) is 1.64. The second kappa shape index (κ2) is 9.49. The maximum Gasteiger partial charge on any atom is 0.326 e. The molecule has 2 N–H and O–H groups in total. The largest absolute Gasteiger partial charge is 0.480 e. The molecule has 1 aromatic carbocycles. The molecule has 0 saturated heterocycles. The van der Waals surface area contributed by atoms with Crippen molar-refractivity contribution in [1.82, 2.24) is 5.32 Å². The molecule has 0 saturated carbocycles. The first-order chi connectivity index (χ1) is 10.0. The highest BCUT2D eigenvalue weighted by Crippen LogP contribution is 2.13. The number of nitrogens with one attached hydrogen (secondary N) is 1. The minimum Gasteiger partial charge on any atom is -0.480 e. The molecule has 7 heteroatoms. The molecule has 1 aromatic rings. The molecule has 0 spiro atoms. The van der Waals surface area contributed by atoms with Crippen LogP contribution in [0.2, 0.25) is 0 Å². The van der Waals surface area contributed by atoms with Crippen molar-refractivity contribution in [3.8, 4) is 0 Å². The van der Waals surface area contributed by atoms with Crippen LogP contribution in [0.3, 0.4) is 0 Å². The third-order valence-electron chi connectivity index (χ3n) is 2.63. The number of halogens is 1. The number of carbonyl (C=O) groups is 2. The summed E-state index contributed by atoms with van der Waals surface area (Å²) in [5.74, 6) is -1.55. The average Bonchev–Trinajstić information content (AvgIpc) is 2.43. The minimum atomic E-state index is -1.08. The Morgan fingerprint density at radius 2 is 2.14 bits per heavy atom. The van der Waals surface area contributed by atoms with Crippen molar-refractivity contribution in [2.45, 2.75) is 12.5 Å². The van der Waals surface area contributed by atoms with Crippen molar-refractivity contribution < 1.29 is 24.2 Å². The van der Waals surface area contributed by atoms with Gasteiger partial charge < -0.3 is 19.9 Å². The fourth-order valence-corrected chi connectivity index (χ4v) is 2.09. The average molecular weight is 360 g/mol. The first kappa shape index (κ1) is 17.6. The molecule has 0 fully saturated rings. The van der Waals surface area contributed by atoms with Crippen molar-refractivity contribution >= 4 is 27.8 Å². The highest BCUT2D eigenvalue weighted by atomic mass is 79.9. The Morgan fingerprint density at radius 3 is 2.76 bits per heavy atom. The van der Waals surface area contributed by atoms with E-state index >= 15 is 0 Å². The van der Waals surface area contributed by atoms with Crippen LogP contribution in [0, 0.1) is 0 Å². The van der Waals surface area contributed by atoms with Gasteiger partial charge in [0, 0.05) is 18.0 Å². The Morgan fingerprint density at radius 1 is 1.38 bits per heavy atom. The van der Waals surface area contributed by atoms with E-state index in [0.717, 1.165) is 10.0 Å². The van der Waals surface area contributed by atoms with Gasteiger partial charge in [0.2, 0.25) is 5.91 Å². The lowest BCUT2D eigenvalue weighted by atomic mass is 10.1. The molecule has 0 bridgehead atoms. The fraction of sp³-hybridized carbons (Fsp3) is 0.429. The van der Waals surface area contributed by atoms with Gasteiger partial charge in [0.15, 0.2) is 0 Å². The Bertz CT molecular complexity index is 480. The molecule has 116 valence electrons. The van der Waals surface area contributed by atoms with Gasteiger partial charge in [-0.3, -0.25) is 4.79 Å². The molecule has 6 nitrogen and oxygen atoms in total. The Kier molecular flexibility index (Phi) is 7.96. The van der Waals surface area contributed by atoms with Gasteiger partial charge in [-0.2, -0.15) is 0 Å². The zero-order valence-electron chi connectivity index (χ0n) is 11.7. The van der Waals surface area contributed by atoms with E-state index in [-0.39, 0.29) is 19.6 Å². The zero-order chi connectivity index (χ0) is 15.7. The summed E-state index contributed by atoms with van der Waals surface area (Å²) in [4.78, 5) is 22.8. The van der Waals surface area contributed by atoms with Crippen LogP contribution in [0.15, 0.2) is 28.7 Å². The summed E-state index contributed by atoms with van der Waals surface area (Å²) in [6, 6.07) is 6.30. The lowest BCUT2D eigenvalue weighted by Crippen LogP contribution is -2.44. The van der Waals surface area contributed by atoms with Crippen molar-refractivity contribution in [3.05, 3.63) is 34.3 Å². The Hall–Kier alpha value is -1.44. The van der Waals surface area contributed by atoms with Gasteiger partial charge in [-0.1, -0.05) is 28.1 Å². The molecule has 0 aliphatic carbocycles. The number of benzene rings is 1. The van der Waals surface area contributed by atoms with E-state index in [2.05, 4.69) is 21.2 Å². The molecule has 0 aromatic heterocycles. The third kappa shape index (κ3) is 7.22. The highest BCUT2D eigenvalue weighted by Gasteiger charge is 2.20. The number of carboxylic acid groups (broad SMARTS) is 1. The first-order valence-corrected chi connectivity index (χ1v) is 7.15. The quantitative estimate of drug-likeness (QED) is 0.647. The molecule has 21 heavy (non-hydrogen) atoms. The standard InChI is InChI=1S/C14H18BrNO5/c1-20-5-6-21-9-13(17)16-12(14(18)19)8-10-3-2-4-11(15)7-10/h2-4,7,12H,5-6,8-9H2,1H3,(H,16,17)(H,18,19)/t12-/m1/s1. The summed E-state index contributed by atoms with van der Waals surface area (Å²) >= 11 is 3.32. The highest BCUT2D eigenvalue weighted by molar-refractivity contribution is 9.10. The van der Waals surface area contributed by atoms with Gasteiger partial charge in [-0.25, -0.2) is 4.79 Å². The lowest BCUT2D eigenvalue weighted by molar-refractivity contribution is -0.142. The topological polar surface area (TPSA) is 84.9 Å². The molecule has 0 unspecified atom stereocenters. The Labute approximate surface area is 131 Å². The molecule has 0 aliphatic heterocycles. The van der Waals surface area contributed by atoms with E-state index in [1.165, 1.54) is 7.11 Å². The van der Waals surface area contributed by atoms with E-state index in [0.29, 0.717) is 6.61 Å². The van der Waals surface area contributed by atoms with Crippen LogP contribution in [0.4, 0.5) is 0 Å². The van der Waals surface area contributed by atoms with Crippen molar-refractivity contribution in [3.63, 3.8) is 0 Å². The van der Waals surface area contributed by atoms with Gasteiger partial charge in [-0.05, 0) is 17.7 Å². The molecule has 1 atom stereocenters. The number of carbonyl (C=O) groups excluding carboxylic acids is 1. The number of rotatable bonds is 9. The van der Waals surface area contributed by atoms with Crippen LogP contribution in [-0.4, -0.2) is 50.0 Å². The van der Waals surface area contributed by atoms with Gasteiger partial charge >= 0.3 is 5.97 Å². The van der Waals surface area contributed by atoms with Crippen LogP contribution in [-0.2, 0) is 25.5 Å². The van der Waals surface area contributed by atoms with E-state index in [4.69, 9.17) is 9.47 Å². The number of amides is 1. The molecule has 0 radical (unpaired) electrons. The Balaban J connectivity index is 2.50. The predicted molar refractivity (Wildman–Crippen MR) is 80.1 cm³/mol. The van der Waals surface area contributed by atoms with Gasteiger partial charge in [0.05, 0.1) is 13.2 Å². The first-order valence-electron chi connectivity index (χ1n) is 6.36. The van der Waals surface area contributed by atoms with E-state index in [1.807, 2.05) is 24.3 Å². The molecular formula is C14H18BrNO5. The number of hydrogen-bond acceptors (Lipinski definition) is 4. The third-order valence-corrected chi connectivity index (χ3v) is 3.12. The molecule has 0 aliphatic rings. The predicted octanol–water partition coefficient (Wildman–Crippen LogP) is 1.22. The monoisotopic (exact) mass is 359 g/mol. The summed E-state index contributed by atoms with van der Waals surface area (Å²) < 4.78 is 10.7. The number of aliphatic carboxylic acids is 1. The summed E-state index contributed by atoms with van der Waals surface area (Å²) in [5, 5.41) is 11.6. The number of ether oxygens (including phenoxy) is 2. The lowest BCUT2D eigenvalue weighted by Gasteiger charge is -2.15. The SMILES string of the molecule is COCCOCC(=O)N[C@H](Cc1cccc(Br)c1)C(=O)O. The van der Waals surface area contributed by atoms with Crippen LogP contribution >= 0.6 is 15.9 Å². The molecule has 1 rings (SSSR count). The number of hydrogen-bond donors (Lipinski definition) is 2. The van der Waals surface area contributed by atoms with Gasteiger partial charge in [0.25, 0.3) is 0 Å². The van der Waals surface area contributed by atoms with E-state index < -0.39 is 17.9 Å².